The second kappa shape index (κ2) is 11.1. The fourth-order valence-electron chi connectivity index (χ4n) is 5.93. The van der Waals surface area contributed by atoms with Crippen LogP contribution in [0.3, 0.4) is 0 Å². The molecule has 1 N–H and O–H groups in total. The molecular weight excluding hydrogens is 578 g/mol. The first-order chi connectivity index (χ1) is 19.7. The van der Waals surface area contributed by atoms with Crippen LogP contribution in [0.15, 0.2) is 30.5 Å². The Labute approximate surface area is 252 Å². The number of pyridine rings is 1. The number of likely N-dealkylation sites (tertiary alicyclic amines) is 1. The Bertz CT molecular complexity index is 1520. The molecule has 9 nitrogen and oxygen atoms in total. The maximum absolute atomic E-state index is 13.9. The second-order valence-electron chi connectivity index (χ2n) is 13.2. The molecule has 0 spiro atoms. The van der Waals surface area contributed by atoms with E-state index >= 15 is 0 Å². The van der Waals surface area contributed by atoms with E-state index in [4.69, 9.17) is 16.3 Å². The first-order valence-corrected chi connectivity index (χ1v) is 16.8. The number of Topliss-reactive ketones (excluding diaryl/α,β-unsaturated/α-hetero) is 1. The first kappa shape index (κ1) is 30.7. The maximum Gasteiger partial charge on any atom is 0.243 e. The third kappa shape index (κ3) is 5.89. The zero-order valence-electron chi connectivity index (χ0n) is 24.9. The fraction of sp³-hybridized carbons (Fsp3) is 0.613. The van der Waals surface area contributed by atoms with E-state index in [2.05, 4.69) is 10.3 Å². The zero-order chi connectivity index (χ0) is 30.6. The van der Waals surface area contributed by atoms with Gasteiger partial charge >= 0.3 is 0 Å². The maximum atomic E-state index is 13.9. The lowest BCUT2D eigenvalue weighted by molar-refractivity contribution is -0.144. The molecule has 0 radical (unpaired) electrons. The Morgan fingerprint density at radius 1 is 1.19 bits per heavy atom. The van der Waals surface area contributed by atoms with Crippen molar-refractivity contribution in [1.82, 2.24) is 15.2 Å². The smallest absolute Gasteiger partial charge is 0.243 e. The Kier molecular flexibility index (Phi) is 8.11. The molecule has 3 aliphatic rings. The van der Waals surface area contributed by atoms with Crippen molar-refractivity contribution in [2.45, 2.75) is 89.7 Å². The fourth-order valence-corrected chi connectivity index (χ4v) is 7.88. The lowest BCUT2D eigenvalue weighted by Crippen LogP contribution is -2.55. The highest BCUT2D eigenvalue weighted by molar-refractivity contribution is 7.93. The molecule has 2 saturated carbocycles. The van der Waals surface area contributed by atoms with Gasteiger partial charge in [-0.3, -0.25) is 14.4 Å². The minimum absolute atomic E-state index is 0.140. The Morgan fingerprint density at radius 2 is 1.90 bits per heavy atom. The summed E-state index contributed by atoms with van der Waals surface area (Å²) in [6.45, 7) is 9.87. The average molecular weight is 618 g/mol. The van der Waals surface area contributed by atoms with Crippen molar-refractivity contribution >= 4 is 49.8 Å². The highest BCUT2D eigenvalue weighted by atomic mass is 35.5. The minimum Gasteiger partial charge on any atom is -0.472 e. The summed E-state index contributed by atoms with van der Waals surface area (Å²) in [7, 11) is -3.53. The number of ether oxygens (including phenoxy) is 1. The molecule has 5 atom stereocenters. The van der Waals surface area contributed by atoms with Crippen LogP contribution in [0.2, 0.25) is 5.02 Å². The number of amides is 2. The molecular formula is C31H40ClN3O6S. The summed E-state index contributed by atoms with van der Waals surface area (Å²) >= 11 is 6.38. The van der Waals surface area contributed by atoms with Crippen LogP contribution in [0.25, 0.3) is 10.8 Å². The van der Waals surface area contributed by atoms with Gasteiger partial charge in [0, 0.05) is 34.3 Å². The summed E-state index contributed by atoms with van der Waals surface area (Å²) in [5.41, 5.74) is -1.56. The van der Waals surface area contributed by atoms with Crippen molar-refractivity contribution in [1.29, 1.82) is 0 Å². The van der Waals surface area contributed by atoms with Crippen molar-refractivity contribution in [3.05, 3.63) is 35.5 Å². The SMILES string of the molecule is CC[C@@H]1C[C@]1(NC(=O)[C@@H]1C[C@@H](Oc2nccc3c(Cl)cccc23)CN1C(=O)[C@@H](C)C(C)(C)C)C(=O)CS(=O)(=O)C1CC1. The van der Waals surface area contributed by atoms with E-state index < -0.39 is 50.2 Å². The number of nitrogens with zero attached hydrogens (tertiary/aromatic N) is 2. The number of carbonyl (C=O) groups excluding carboxylic acids is 3. The van der Waals surface area contributed by atoms with Crippen LogP contribution in [0.5, 0.6) is 5.88 Å². The molecule has 228 valence electrons. The highest BCUT2D eigenvalue weighted by Gasteiger charge is 2.61. The van der Waals surface area contributed by atoms with E-state index in [1.54, 1.807) is 23.2 Å². The number of aromatic nitrogens is 1. The Hall–Kier alpha value is -2.72. The number of hydrogen-bond acceptors (Lipinski definition) is 7. The van der Waals surface area contributed by atoms with Crippen LogP contribution in [0.1, 0.15) is 66.7 Å². The second-order valence-corrected chi connectivity index (χ2v) is 15.9. The van der Waals surface area contributed by atoms with Crippen LogP contribution in [0, 0.1) is 17.3 Å². The predicted molar refractivity (Wildman–Crippen MR) is 161 cm³/mol. The Morgan fingerprint density at radius 3 is 2.52 bits per heavy atom. The van der Waals surface area contributed by atoms with Gasteiger partial charge in [0.2, 0.25) is 17.7 Å². The topological polar surface area (TPSA) is 123 Å². The van der Waals surface area contributed by atoms with Crippen molar-refractivity contribution in [3.8, 4) is 5.88 Å². The van der Waals surface area contributed by atoms with Gasteiger partial charge in [-0.05, 0) is 48.8 Å². The summed E-state index contributed by atoms with van der Waals surface area (Å²) in [6.07, 6.45) is 3.47. The monoisotopic (exact) mass is 617 g/mol. The van der Waals surface area contributed by atoms with Gasteiger partial charge in [-0.2, -0.15) is 0 Å². The van der Waals surface area contributed by atoms with Crippen LogP contribution in [0.4, 0.5) is 0 Å². The predicted octanol–water partition coefficient (Wildman–Crippen LogP) is 4.35. The lowest BCUT2D eigenvalue weighted by Gasteiger charge is -2.33. The summed E-state index contributed by atoms with van der Waals surface area (Å²) in [5.74, 6) is -1.83. The van der Waals surface area contributed by atoms with Gasteiger partial charge in [-0.1, -0.05) is 58.7 Å². The van der Waals surface area contributed by atoms with E-state index in [1.165, 1.54) is 0 Å². The number of fused-ring (bicyclic) bond motifs is 1. The highest BCUT2D eigenvalue weighted by Crippen LogP contribution is 2.48. The van der Waals surface area contributed by atoms with Crippen LogP contribution >= 0.6 is 11.6 Å². The van der Waals surface area contributed by atoms with Gasteiger partial charge in [0.25, 0.3) is 0 Å². The van der Waals surface area contributed by atoms with E-state index in [9.17, 15) is 22.8 Å². The number of nitrogens with one attached hydrogen (secondary N) is 1. The number of ketones is 1. The van der Waals surface area contributed by atoms with E-state index in [-0.39, 0.29) is 36.1 Å². The third-order valence-corrected chi connectivity index (χ3v) is 11.8. The van der Waals surface area contributed by atoms with Crippen LogP contribution < -0.4 is 10.1 Å². The number of sulfone groups is 1. The molecule has 5 rings (SSSR count). The molecule has 2 amide bonds. The molecule has 1 aromatic heterocycles. The van der Waals surface area contributed by atoms with Crippen molar-refractivity contribution in [2.24, 2.45) is 17.3 Å². The first-order valence-electron chi connectivity index (χ1n) is 14.7. The number of rotatable bonds is 10. The van der Waals surface area contributed by atoms with E-state index in [0.29, 0.717) is 36.6 Å². The molecule has 42 heavy (non-hydrogen) atoms. The van der Waals surface area contributed by atoms with E-state index in [1.807, 2.05) is 46.8 Å². The summed E-state index contributed by atoms with van der Waals surface area (Å²) in [5, 5.41) is 4.56. The Balaban J connectivity index is 1.40. The normalized spacial score (nSPS) is 26.6. The number of carbonyl (C=O) groups is 3. The standard InChI is InChI=1S/C31H40ClN3O6S/c1-6-19-15-31(19,26(36)17-42(39,40)21-10-11-21)34-27(37)25-14-20(16-35(25)29(38)18(2)30(3,4)5)41-28-23-8-7-9-24(32)22(23)12-13-33-28/h7-9,12-13,18-21,25H,6,10-11,14-17H2,1-5H3,(H,34,37)/t18-,19-,20-,25+,31-/m1/s1. The molecule has 2 aromatic rings. The summed E-state index contributed by atoms with van der Waals surface area (Å²) < 4.78 is 31.6. The zero-order valence-corrected chi connectivity index (χ0v) is 26.4. The molecule has 0 unspecified atom stereocenters. The van der Waals surface area contributed by atoms with E-state index in [0.717, 1.165) is 10.8 Å². The van der Waals surface area contributed by atoms with Gasteiger partial charge in [-0.25, -0.2) is 13.4 Å². The van der Waals surface area contributed by atoms with Gasteiger partial charge in [0.05, 0.1) is 11.8 Å². The van der Waals surface area contributed by atoms with Gasteiger partial charge < -0.3 is 15.0 Å². The van der Waals surface area contributed by atoms with Crippen molar-refractivity contribution < 1.29 is 27.5 Å². The summed E-state index contributed by atoms with van der Waals surface area (Å²) in [4.78, 5) is 47.1. The molecule has 1 aromatic carbocycles. The lowest BCUT2D eigenvalue weighted by atomic mass is 9.81. The molecule has 1 aliphatic heterocycles. The molecule has 3 fully saturated rings. The number of benzene rings is 1. The summed E-state index contributed by atoms with van der Waals surface area (Å²) in [6, 6.07) is 6.37. The molecule has 1 saturated heterocycles. The molecule has 11 heteroatoms. The van der Waals surface area contributed by atoms with Crippen LogP contribution in [-0.2, 0) is 24.2 Å². The average Bonchev–Trinajstić information content (AvgIpc) is 3.85. The number of hydrogen-bond donors (Lipinski definition) is 1. The third-order valence-electron chi connectivity index (χ3n) is 9.32. The molecule has 2 heterocycles. The number of halogens is 1. The van der Waals surface area contributed by atoms with Crippen molar-refractivity contribution in [2.75, 3.05) is 12.3 Å². The van der Waals surface area contributed by atoms with Gasteiger partial charge in [0.15, 0.2) is 15.6 Å². The minimum atomic E-state index is -3.53. The molecule has 0 bridgehead atoms. The molecule has 2 aliphatic carbocycles. The van der Waals surface area contributed by atoms with Gasteiger partial charge in [0.1, 0.15) is 23.4 Å². The largest absolute Gasteiger partial charge is 0.472 e. The van der Waals surface area contributed by atoms with Crippen molar-refractivity contribution in [3.63, 3.8) is 0 Å². The van der Waals surface area contributed by atoms with Gasteiger partial charge in [-0.15, -0.1) is 0 Å². The quantitative estimate of drug-likeness (QED) is 0.420. The van der Waals surface area contributed by atoms with Crippen LogP contribution in [-0.4, -0.2) is 71.1 Å².